The highest BCUT2D eigenvalue weighted by Gasteiger charge is 2.58. The van der Waals surface area contributed by atoms with Crippen LogP contribution in [0.4, 0.5) is 0 Å². The van der Waals surface area contributed by atoms with Gasteiger partial charge in [-0.2, -0.15) is 0 Å². The van der Waals surface area contributed by atoms with Crippen molar-refractivity contribution in [2.24, 2.45) is 17.0 Å². The number of hydrogen-bond acceptors (Lipinski definition) is 7. The van der Waals surface area contributed by atoms with Gasteiger partial charge in [-0.1, -0.05) is 42.4 Å². The van der Waals surface area contributed by atoms with Gasteiger partial charge in [-0.15, -0.1) is 5.10 Å². The second-order valence-electron chi connectivity index (χ2n) is 6.76. The second kappa shape index (κ2) is 6.70. The maximum Gasteiger partial charge on any atom is 0.356 e. The minimum Gasteiger partial charge on any atom is -0.472 e. The molecule has 3 atom stereocenters. The van der Waals surface area contributed by atoms with E-state index in [-0.39, 0.29) is 18.2 Å². The van der Waals surface area contributed by atoms with Gasteiger partial charge in [-0.05, 0) is 18.4 Å². The molecule has 8 nitrogen and oxygen atoms in total. The van der Waals surface area contributed by atoms with Crippen molar-refractivity contribution in [3.63, 3.8) is 0 Å². The number of carbonyl (C=O) groups is 1. The molecule has 142 valence electrons. The first-order valence-corrected chi connectivity index (χ1v) is 8.93. The van der Waals surface area contributed by atoms with Gasteiger partial charge in [0.15, 0.2) is 5.71 Å². The van der Waals surface area contributed by atoms with E-state index in [0.29, 0.717) is 24.7 Å². The Morgan fingerprint density at radius 2 is 2.19 bits per heavy atom. The van der Waals surface area contributed by atoms with E-state index in [9.17, 15) is 9.90 Å². The normalized spacial score (nSPS) is 25.8. The quantitative estimate of drug-likeness (QED) is 0.806. The molecule has 8 heteroatoms. The number of hydrogen-bond donors (Lipinski definition) is 1. The minimum absolute atomic E-state index is 0.103. The van der Waals surface area contributed by atoms with E-state index in [2.05, 4.69) is 10.3 Å². The third-order valence-electron chi connectivity index (χ3n) is 4.87. The molecule has 3 unspecified atom stereocenters. The summed E-state index contributed by atoms with van der Waals surface area (Å²) >= 11 is 0. The van der Waals surface area contributed by atoms with Crippen LogP contribution in [0.25, 0.3) is 0 Å². The molecule has 0 saturated carbocycles. The Labute approximate surface area is 156 Å². The lowest BCUT2D eigenvalue weighted by atomic mass is 9.79. The largest absolute Gasteiger partial charge is 0.472 e. The zero-order valence-electron chi connectivity index (χ0n) is 15.2. The van der Waals surface area contributed by atoms with Gasteiger partial charge in [0.25, 0.3) is 5.79 Å². The summed E-state index contributed by atoms with van der Waals surface area (Å²) in [5, 5.41) is 19.4. The van der Waals surface area contributed by atoms with Crippen LogP contribution >= 0.6 is 0 Å². The van der Waals surface area contributed by atoms with Crippen molar-refractivity contribution in [2.45, 2.75) is 32.8 Å². The van der Waals surface area contributed by atoms with Gasteiger partial charge in [0.05, 0.1) is 12.5 Å². The fourth-order valence-electron chi connectivity index (χ4n) is 3.65. The Kier molecular flexibility index (Phi) is 4.35. The van der Waals surface area contributed by atoms with E-state index < -0.39 is 17.7 Å². The number of nitrogens with zero attached hydrogens (tertiary/aromatic N) is 3. The molecule has 27 heavy (non-hydrogen) atoms. The van der Waals surface area contributed by atoms with Crippen molar-refractivity contribution in [3.05, 3.63) is 47.7 Å². The molecule has 1 N–H and O–H groups in total. The van der Waals surface area contributed by atoms with Gasteiger partial charge in [-0.3, -0.25) is 4.68 Å². The van der Waals surface area contributed by atoms with Gasteiger partial charge < -0.3 is 19.4 Å². The Bertz CT molecular complexity index is 879. The van der Waals surface area contributed by atoms with Gasteiger partial charge in [-0.25, -0.2) is 4.79 Å². The first kappa shape index (κ1) is 17.5. The number of oxime groups is 1. The van der Waals surface area contributed by atoms with E-state index in [1.54, 1.807) is 17.7 Å². The van der Waals surface area contributed by atoms with Gasteiger partial charge >= 0.3 is 5.97 Å². The Morgan fingerprint density at radius 1 is 1.41 bits per heavy atom. The lowest BCUT2D eigenvalue weighted by molar-refractivity contribution is -0.238. The molecule has 0 fully saturated rings. The van der Waals surface area contributed by atoms with Crippen LogP contribution < -0.4 is 4.74 Å². The van der Waals surface area contributed by atoms with Gasteiger partial charge in [0.2, 0.25) is 5.88 Å². The molecule has 0 aliphatic carbocycles. The molecule has 0 radical (unpaired) electrons. The van der Waals surface area contributed by atoms with Crippen molar-refractivity contribution in [1.29, 1.82) is 0 Å². The smallest absolute Gasteiger partial charge is 0.356 e. The lowest BCUT2D eigenvalue weighted by Crippen LogP contribution is -2.48. The first-order valence-electron chi connectivity index (χ1n) is 8.93. The van der Waals surface area contributed by atoms with Crippen LogP contribution in [0, 0.1) is 11.8 Å². The average Bonchev–Trinajstić information content (AvgIpc) is 3.23. The summed E-state index contributed by atoms with van der Waals surface area (Å²) in [7, 11) is 0. The summed E-state index contributed by atoms with van der Waals surface area (Å²) in [6.07, 6.45) is 0. The van der Waals surface area contributed by atoms with Crippen molar-refractivity contribution >= 4 is 11.7 Å². The maximum atomic E-state index is 12.2. The van der Waals surface area contributed by atoms with Crippen LogP contribution in [0.1, 0.15) is 25.1 Å². The predicted molar refractivity (Wildman–Crippen MR) is 94.7 cm³/mol. The molecular formula is C19H21N3O5. The molecule has 2 aliphatic heterocycles. The molecule has 0 bridgehead atoms. The van der Waals surface area contributed by atoms with E-state index in [1.165, 1.54) is 0 Å². The third kappa shape index (κ3) is 2.95. The monoisotopic (exact) mass is 371 g/mol. The fraction of sp³-hybridized carbons (Fsp3) is 0.421. The number of fused-ring (bicyclic) bond motifs is 3. The molecule has 0 saturated heterocycles. The number of ether oxygens (including phenoxy) is 2. The molecule has 2 aromatic rings. The molecule has 0 amide bonds. The zero-order valence-corrected chi connectivity index (χ0v) is 15.2. The van der Waals surface area contributed by atoms with Crippen molar-refractivity contribution in [3.8, 4) is 5.88 Å². The maximum absolute atomic E-state index is 12.2. The molecule has 1 aromatic heterocycles. The van der Waals surface area contributed by atoms with Crippen LogP contribution in [-0.4, -0.2) is 33.2 Å². The van der Waals surface area contributed by atoms with Gasteiger partial charge in [0.1, 0.15) is 12.3 Å². The SMILES string of the molecule is CCOC(=O)C1=NOC2(O)c3cc(OCc4ccccc4)nn3CC(C)C12. The molecule has 3 heterocycles. The van der Waals surface area contributed by atoms with Crippen molar-refractivity contribution < 1.29 is 24.2 Å². The molecular weight excluding hydrogens is 350 g/mol. The number of rotatable bonds is 5. The average molecular weight is 371 g/mol. The lowest BCUT2D eigenvalue weighted by Gasteiger charge is -2.36. The summed E-state index contributed by atoms with van der Waals surface area (Å²) in [5.74, 6) is -2.71. The highest BCUT2D eigenvalue weighted by Crippen LogP contribution is 2.46. The summed E-state index contributed by atoms with van der Waals surface area (Å²) in [6, 6.07) is 11.4. The Hall–Kier alpha value is -2.87. The third-order valence-corrected chi connectivity index (χ3v) is 4.87. The van der Waals surface area contributed by atoms with Crippen LogP contribution in [0.2, 0.25) is 0 Å². The zero-order chi connectivity index (χ0) is 19.0. The van der Waals surface area contributed by atoms with Crippen molar-refractivity contribution in [1.82, 2.24) is 9.78 Å². The van der Waals surface area contributed by atoms with Crippen LogP contribution in [0.5, 0.6) is 5.88 Å². The Morgan fingerprint density at radius 3 is 2.93 bits per heavy atom. The number of esters is 1. The van der Waals surface area contributed by atoms with E-state index in [4.69, 9.17) is 14.3 Å². The second-order valence-corrected chi connectivity index (χ2v) is 6.76. The van der Waals surface area contributed by atoms with E-state index >= 15 is 0 Å². The predicted octanol–water partition coefficient (Wildman–Crippen LogP) is 1.82. The number of aromatic nitrogens is 2. The molecule has 1 aromatic carbocycles. The summed E-state index contributed by atoms with van der Waals surface area (Å²) in [4.78, 5) is 17.5. The highest BCUT2D eigenvalue weighted by molar-refractivity contribution is 6.37. The van der Waals surface area contributed by atoms with E-state index in [1.807, 2.05) is 37.3 Å². The van der Waals surface area contributed by atoms with E-state index in [0.717, 1.165) is 5.56 Å². The topological polar surface area (TPSA) is 95.2 Å². The number of aliphatic hydroxyl groups is 1. The van der Waals surface area contributed by atoms with Crippen molar-refractivity contribution in [2.75, 3.05) is 6.61 Å². The molecule has 4 rings (SSSR count). The standard InChI is InChI=1S/C19H21N3O5/c1-3-25-18(23)17-16-12(2)10-22-14(19(16,24)27-21-17)9-15(20-22)26-11-13-7-5-4-6-8-13/h4-9,12,16,24H,3,10-11H2,1-2H3. The number of benzene rings is 1. The molecule has 0 spiro atoms. The fourth-order valence-corrected chi connectivity index (χ4v) is 3.65. The molecule has 2 aliphatic rings. The van der Waals surface area contributed by atoms with Crippen LogP contribution in [0.15, 0.2) is 41.6 Å². The summed E-state index contributed by atoms with van der Waals surface area (Å²) in [5.41, 5.74) is 1.53. The Balaban J connectivity index is 1.58. The van der Waals surface area contributed by atoms with Gasteiger partial charge in [0, 0.05) is 12.6 Å². The number of carbonyl (C=O) groups excluding carboxylic acids is 1. The summed E-state index contributed by atoms with van der Waals surface area (Å²) < 4.78 is 12.4. The summed E-state index contributed by atoms with van der Waals surface area (Å²) in [6.45, 7) is 4.72. The van der Waals surface area contributed by atoms with Crippen LogP contribution in [0.3, 0.4) is 0 Å². The highest BCUT2D eigenvalue weighted by atomic mass is 16.7. The first-order chi connectivity index (χ1) is 13.0. The minimum atomic E-state index is -1.76. The van der Waals surface area contributed by atoms with Crippen LogP contribution in [-0.2, 0) is 33.3 Å².